The molecule has 0 saturated carbocycles. The van der Waals surface area contributed by atoms with Crippen molar-refractivity contribution in [3.05, 3.63) is 77.4 Å². The number of nitrogens with zero attached hydrogens (tertiary/aromatic N) is 4. The quantitative estimate of drug-likeness (QED) is 0.598. The first-order valence-corrected chi connectivity index (χ1v) is 11.4. The molecule has 2 aliphatic heterocycles. The summed E-state index contributed by atoms with van der Waals surface area (Å²) in [7, 11) is 0. The van der Waals surface area contributed by atoms with Crippen LogP contribution in [0.25, 0.3) is 11.1 Å². The number of amides is 1. The second-order valence-corrected chi connectivity index (χ2v) is 9.58. The van der Waals surface area contributed by atoms with Gasteiger partial charge in [0.05, 0.1) is 5.69 Å². The third-order valence-corrected chi connectivity index (χ3v) is 8.03. The minimum Gasteiger partial charge on any atom is -0.335 e. The lowest BCUT2D eigenvalue weighted by Gasteiger charge is -2.54. The van der Waals surface area contributed by atoms with Gasteiger partial charge in [-0.3, -0.25) is 9.79 Å². The van der Waals surface area contributed by atoms with Gasteiger partial charge in [0.15, 0.2) is 0 Å². The number of hydrogen-bond acceptors (Lipinski definition) is 4. The third-order valence-electron chi connectivity index (χ3n) is 8.03. The summed E-state index contributed by atoms with van der Waals surface area (Å²) in [6.45, 7) is 5.49. The number of fused-ring (bicyclic) bond motifs is 5. The molecule has 3 aromatic rings. The molecule has 6 rings (SSSR count). The van der Waals surface area contributed by atoms with Gasteiger partial charge in [0.1, 0.15) is 6.33 Å². The molecule has 2 aromatic carbocycles. The summed E-state index contributed by atoms with van der Waals surface area (Å²) >= 11 is 0. The van der Waals surface area contributed by atoms with Gasteiger partial charge in [-0.15, -0.1) is 0 Å². The van der Waals surface area contributed by atoms with Crippen LogP contribution in [0.2, 0.25) is 0 Å². The van der Waals surface area contributed by atoms with E-state index in [4.69, 9.17) is 0 Å². The van der Waals surface area contributed by atoms with E-state index in [1.807, 2.05) is 36.8 Å². The molecule has 1 fully saturated rings. The molecule has 3 aliphatic rings. The van der Waals surface area contributed by atoms with Crippen molar-refractivity contribution < 1.29 is 4.79 Å². The van der Waals surface area contributed by atoms with Crippen LogP contribution in [-0.2, 0) is 18.3 Å². The number of hydrogen-bond donors (Lipinski definition) is 0. The first-order chi connectivity index (χ1) is 15.5. The number of rotatable bonds is 2. The van der Waals surface area contributed by atoms with E-state index in [0.717, 1.165) is 53.7 Å². The fraction of sp³-hybridized carbons (Fsp3) is 0.333. The SMILES string of the molecule is C[C@@H]1[C@H]2Cc3ccc(-c4cncnc4)cc3[C@]1(C)CCN2C(=O)c1ccc2c(c1)CC=N2. The van der Waals surface area contributed by atoms with Gasteiger partial charge in [-0.25, -0.2) is 9.97 Å². The highest BCUT2D eigenvalue weighted by Gasteiger charge is 2.49. The average Bonchev–Trinajstić information content (AvgIpc) is 3.29. The van der Waals surface area contributed by atoms with Crippen LogP contribution in [0.1, 0.15) is 47.3 Å². The molecule has 5 heteroatoms. The Morgan fingerprint density at radius 1 is 1.06 bits per heavy atom. The molecule has 0 unspecified atom stereocenters. The van der Waals surface area contributed by atoms with Gasteiger partial charge in [-0.05, 0) is 64.6 Å². The van der Waals surface area contributed by atoms with E-state index in [1.165, 1.54) is 11.1 Å². The maximum Gasteiger partial charge on any atom is 0.254 e. The second kappa shape index (κ2) is 7.09. The predicted molar refractivity (Wildman–Crippen MR) is 125 cm³/mol. The van der Waals surface area contributed by atoms with Crippen LogP contribution >= 0.6 is 0 Å². The minimum atomic E-state index is 0.0481. The average molecular weight is 423 g/mol. The van der Waals surface area contributed by atoms with Crippen molar-refractivity contribution in [1.29, 1.82) is 0 Å². The monoisotopic (exact) mass is 422 g/mol. The Bertz CT molecular complexity index is 1250. The van der Waals surface area contributed by atoms with Gasteiger partial charge in [0.25, 0.3) is 5.91 Å². The summed E-state index contributed by atoms with van der Waals surface area (Å²) in [5.41, 5.74) is 7.96. The zero-order chi connectivity index (χ0) is 21.9. The fourth-order valence-electron chi connectivity index (χ4n) is 5.92. The van der Waals surface area contributed by atoms with Crippen molar-refractivity contribution in [1.82, 2.24) is 14.9 Å². The maximum absolute atomic E-state index is 13.6. The molecular formula is C27H26N4O. The Morgan fingerprint density at radius 2 is 1.91 bits per heavy atom. The number of likely N-dealkylation sites (tertiary alicyclic amines) is 1. The van der Waals surface area contributed by atoms with Gasteiger partial charge < -0.3 is 4.90 Å². The Hall–Kier alpha value is -3.34. The summed E-state index contributed by atoms with van der Waals surface area (Å²) in [6, 6.07) is 12.9. The van der Waals surface area contributed by atoms with Crippen LogP contribution in [0.3, 0.4) is 0 Å². The van der Waals surface area contributed by atoms with Gasteiger partial charge in [0.2, 0.25) is 0 Å². The van der Waals surface area contributed by atoms with Crippen LogP contribution in [0.5, 0.6) is 0 Å². The first-order valence-electron chi connectivity index (χ1n) is 11.4. The van der Waals surface area contributed by atoms with E-state index in [9.17, 15) is 4.79 Å². The number of carbonyl (C=O) groups is 1. The summed E-state index contributed by atoms with van der Waals surface area (Å²) in [6.07, 6.45) is 9.90. The number of piperidine rings is 1. The van der Waals surface area contributed by atoms with Crippen LogP contribution in [0.4, 0.5) is 5.69 Å². The second-order valence-electron chi connectivity index (χ2n) is 9.58. The standard InChI is InChI=1S/C27H26N4O/c1-17-25-13-19-4-3-18(22-14-28-16-29-15-22)12-23(19)27(17,2)8-10-31(25)26(32)21-5-6-24-20(11-21)7-9-30-24/h3-6,9,11-12,14-17,25H,7-8,10,13H2,1-2H3/t17-,25-,27-/m1/s1. The highest BCUT2D eigenvalue weighted by Crippen LogP contribution is 2.49. The van der Waals surface area contributed by atoms with E-state index in [-0.39, 0.29) is 17.4 Å². The van der Waals surface area contributed by atoms with E-state index < -0.39 is 0 Å². The van der Waals surface area contributed by atoms with Crippen molar-refractivity contribution in [2.45, 2.75) is 44.6 Å². The molecule has 1 aliphatic carbocycles. The maximum atomic E-state index is 13.6. The largest absolute Gasteiger partial charge is 0.335 e. The summed E-state index contributed by atoms with van der Waals surface area (Å²) in [5, 5.41) is 0. The molecule has 1 amide bonds. The summed E-state index contributed by atoms with van der Waals surface area (Å²) in [4.78, 5) is 28.5. The number of aliphatic imine (C=N–C) groups is 1. The fourth-order valence-corrected chi connectivity index (χ4v) is 5.92. The lowest BCUT2D eigenvalue weighted by Crippen LogP contribution is -2.59. The van der Waals surface area contributed by atoms with Crippen molar-refractivity contribution >= 4 is 17.8 Å². The Labute approximate surface area is 188 Å². The van der Waals surface area contributed by atoms with Crippen molar-refractivity contribution in [2.75, 3.05) is 6.54 Å². The van der Waals surface area contributed by atoms with E-state index in [2.05, 4.69) is 51.9 Å². The highest BCUT2D eigenvalue weighted by atomic mass is 16.2. The highest BCUT2D eigenvalue weighted by molar-refractivity contribution is 5.96. The Morgan fingerprint density at radius 3 is 2.75 bits per heavy atom. The zero-order valence-electron chi connectivity index (χ0n) is 18.5. The zero-order valence-corrected chi connectivity index (χ0v) is 18.5. The van der Waals surface area contributed by atoms with E-state index in [0.29, 0.717) is 5.92 Å². The molecule has 1 saturated heterocycles. The van der Waals surface area contributed by atoms with Crippen LogP contribution in [0.15, 0.2) is 60.1 Å². The minimum absolute atomic E-state index is 0.0481. The molecule has 0 radical (unpaired) electrons. The van der Waals surface area contributed by atoms with Crippen LogP contribution in [0, 0.1) is 5.92 Å². The molecule has 2 bridgehead atoms. The third kappa shape index (κ3) is 2.84. The van der Waals surface area contributed by atoms with Crippen LogP contribution in [-0.4, -0.2) is 39.6 Å². The molecule has 5 nitrogen and oxygen atoms in total. The number of carbonyl (C=O) groups excluding carboxylic acids is 1. The van der Waals surface area contributed by atoms with E-state index in [1.54, 1.807) is 6.33 Å². The normalized spacial score (nSPS) is 25.4. The van der Waals surface area contributed by atoms with Gasteiger partial charge >= 0.3 is 0 Å². The molecule has 160 valence electrons. The van der Waals surface area contributed by atoms with E-state index >= 15 is 0 Å². The molecule has 1 aromatic heterocycles. The lowest BCUT2D eigenvalue weighted by atomic mass is 9.58. The summed E-state index contributed by atoms with van der Waals surface area (Å²) in [5.74, 6) is 0.535. The molecule has 0 N–H and O–H groups in total. The number of benzene rings is 2. The Kier molecular flexibility index (Phi) is 4.29. The summed E-state index contributed by atoms with van der Waals surface area (Å²) < 4.78 is 0. The van der Waals surface area contributed by atoms with Gasteiger partial charge in [-0.1, -0.05) is 32.0 Å². The molecule has 32 heavy (non-hydrogen) atoms. The number of aromatic nitrogens is 2. The smallest absolute Gasteiger partial charge is 0.254 e. The molecule has 3 atom stereocenters. The molecule has 0 spiro atoms. The Balaban J connectivity index is 1.34. The van der Waals surface area contributed by atoms with Crippen LogP contribution < -0.4 is 0 Å². The first kappa shape index (κ1) is 19.4. The lowest BCUT2D eigenvalue weighted by molar-refractivity contribution is 0.0251. The van der Waals surface area contributed by atoms with Crippen molar-refractivity contribution in [2.24, 2.45) is 10.9 Å². The molecular weight excluding hydrogens is 396 g/mol. The predicted octanol–water partition coefficient (Wildman–Crippen LogP) is 4.77. The topological polar surface area (TPSA) is 58.5 Å². The van der Waals surface area contributed by atoms with Gasteiger partial charge in [-0.2, -0.15) is 0 Å². The van der Waals surface area contributed by atoms with Gasteiger partial charge in [0, 0.05) is 48.7 Å². The van der Waals surface area contributed by atoms with Crippen molar-refractivity contribution in [3.8, 4) is 11.1 Å². The molecule has 3 heterocycles. The van der Waals surface area contributed by atoms with Crippen molar-refractivity contribution in [3.63, 3.8) is 0 Å².